The van der Waals surface area contributed by atoms with E-state index in [2.05, 4.69) is 12.6 Å². The van der Waals surface area contributed by atoms with Crippen molar-refractivity contribution in [3.63, 3.8) is 0 Å². The summed E-state index contributed by atoms with van der Waals surface area (Å²) in [6.07, 6.45) is -0.144. The molecule has 0 aromatic carbocycles. The smallest absolute Gasteiger partial charge is 0.232 e. The van der Waals surface area contributed by atoms with Crippen LogP contribution in [-0.2, 0) is 4.79 Å². The number of nitriles is 1. The SMILES string of the molecule is N#CCC(=O)[S]. The molecule has 0 amide bonds. The van der Waals surface area contributed by atoms with Crippen molar-refractivity contribution >= 4 is 17.7 Å². The zero-order chi connectivity index (χ0) is 4.99. The lowest BCUT2D eigenvalue weighted by molar-refractivity contribution is -0.109. The Labute approximate surface area is 41.2 Å². The Kier molecular flexibility index (Phi) is 2.34. The van der Waals surface area contributed by atoms with Crippen molar-refractivity contribution in [3.05, 3.63) is 0 Å². The molecule has 0 bridgehead atoms. The molecule has 0 unspecified atom stereocenters. The highest BCUT2D eigenvalue weighted by Crippen LogP contribution is 1.81. The molecule has 0 aliphatic heterocycles. The first kappa shape index (κ1) is 5.38. The van der Waals surface area contributed by atoms with E-state index in [0.717, 1.165) is 0 Å². The fourth-order valence-corrected chi connectivity index (χ4v) is 0.129. The van der Waals surface area contributed by atoms with Crippen LogP contribution in [0.2, 0.25) is 0 Å². The van der Waals surface area contributed by atoms with Crippen LogP contribution in [0.25, 0.3) is 0 Å². The van der Waals surface area contributed by atoms with Gasteiger partial charge in [0, 0.05) is 0 Å². The number of rotatable bonds is 1. The molecule has 0 heterocycles. The minimum atomic E-state index is -0.488. The second kappa shape index (κ2) is 2.61. The molecule has 0 saturated heterocycles. The lowest BCUT2D eigenvalue weighted by atomic mass is 10.5. The monoisotopic (exact) mass is 100.0 g/mol. The summed E-state index contributed by atoms with van der Waals surface area (Å²) in [5, 5.41) is 7.21. The third-order valence-electron chi connectivity index (χ3n) is 0.223. The van der Waals surface area contributed by atoms with Gasteiger partial charge in [-0.1, -0.05) is 0 Å². The highest BCUT2D eigenvalue weighted by Gasteiger charge is 1.87. The number of hydrogen-bond donors (Lipinski definition) is 0. The molecule has 31 valence electrons. The van der Waals surface area contributed by atoms with Crippen LogP contribution in [0.15, 0.2) is 0 Å². The maximum atomic E-state index is 9.64. The van der Waals surface area contributed by atoms with Crippen LogP contribution in [0, 0.1) is 11.3 Å². The second-order valence-electron chi connectivity index (χ2n) is 0.707. The van der Waals surface area contributed by atoms with E-state index >= 15 is 0 Å². The Hall–Kier alpha value is -0.620. The molecular formula is C3H2NOS. The maximum absolute atomic E-state index is 9.64. The predicted octanol–water partition coefficient (Wildman–Crippen LogP) is 0.624. The van der Waals surface area contributed by atoms with Crippen LogP contribution in [0.3, 0.4) is 0 Å². The van der Waals surface area contributed by atoms with Crippen LogP contribution in [0.4, 0.5) is 0 Å². The Bertz CT molecular complexity index is 93.5. The van der Waals surface area contributed by atoms with Gasteiger partial charge in [-0.2, -0.15) is 5.26 Å². The summed E-state index contributed by atoms with van der Waals surface area (Å²) in [5.41, 5.74) is 0. The molecule has 0 aliphatic rings. The van der Waals surface area contributed by atoms with Crippen molar-refractivity contribution in [3.8, 4) is 6.07 Å². The fourth-order valence-electron chi connectivity index (χ4n) is 0.0645. The first-order valence-corrected chi connectivity index (χ1v) is 1.75. The van der Waals surface area contributed by atoms with Gasteiger partial charge < -0.3 is 0 Å². The molecule has 0 atom stereocenters. The molecule has 0 aromatic heterocycles. The summed E-state index contributed by atoms with van der Waals surface area (Å²) in [6.45, 7) is 0. The number of carbonyl (C=O) groups excluding carboxylic acids is 1. The van der Waals surface area contributed by atoms with Crippen LogP contribution >= 0.6 is 12.6 Å². The Morgan fingerprint density at radius 1 is 2.00 bits per heavy atom. The van der Waals surface area contributed by atoms with E-state index in [9.17, 15) is 4.79 Å². The lowest BCUT2D eigenvalue weighted by Crippen LogP contribution is -1.77. The van der Waals surface area contributed by atoms with E-state index in [-0.39, 0.29) is 6.42 Å². The van der Waals surface area contributed by atoms with Gasteiger partial charge in [0.2, 0.25) is 5.12 Å². The summed E-state index contributed by atoms with van der Waals surface area (Å²) < 4.78 is 0. The van der Waals surface area contributed by atoms with Crippen LogP contribution < -0.4 is 0 Å². The van der Waals surface area contributed by atoms with Gasteiger partial charge >= 0.3 is 0 Å². The quantitative estimate of drug-likeness (QED) is 0.484. The van der Waals surface area contributed by atoms with Crippen molar-refractivity contribution in [2.24, 2.45) is 0 Å². The highest BCUT2D eigenvalue weighted by molar-refractivity contribution is 7.96. The van der Waals surface area contributed by atoms with Gasteiger partial charge in [0.15, 0.2) is 0 Å². The van der Waals surface area contributed by atoms with Crippen LogP contribution in [0.1, 0.15) is 6.42 Å². The first-order chi connectivity index (χ1) is 2.77. The van der Waals surface area contributed by atoms with Crippen LogP contribution in [-0.4, -0.2) is 5.12 Å². The zero-order valence-electron chi connectivity index (χ0n) is 2.97. The molecule has 0 aliphatic carbocycles. The molecule has 3 heteroatoms. The average molecular weight is 100 g/mol. The fraction of sp³-hybridized carbons (Fsp3) is 0.333. The average Bonchev–Trinajstić information content (AvgIpc) is 1.35. The predicted molar refractivity (Wildman–Crippen MR) is 22.8 cm³/mol. The molecule has 0 spiro atoms. The molecule has 0 aromatic rings. The van der Waals surface area contributed by atoms with Gasteiger partial charge in [0.1, 0.15) is 6.42 Å². The minimum absolute atomic E-state index is 0.144. The third-order valence-corrected chi connectivity index (χ3v) is 0.368. The van der Waals surface area contributed by atoms with Gasteiger partial charge in [-0.25, -0.2) is 0 Å². The van der Waals surface area contributed by atoms with Gasteiger partial charge in [-0.05, 0) is 12.6 Å². The largest absolute Gasteiger partial charge is 0.281 e. The van der Waals surface area contributed by atoms with Crippen molar-refractivity contribution < 1.29 is 4.79 Å². The number of nitrogens with zero attached hydrogens (tertiary/aromatic N) is 1. The molecule has 0 rings (SSSR count). The molecule has 2 nitrogen and oxygen atoms in total. The van der Waals surface area contributed by atoms with Crippen LogP contribution in [0.5, 0.6) is 0 Å². The van der Waals surface area contributed by atoms with Crippen molar-refractivity contribution in [1.82, 2.24) is 0 Å². The summed E-state index contributed by atoms with van der Waals surface area (Å²) in [7, 11) is 0. The minimum Gasteiger partial charge on any atom is -0.281 e. The normalized spacial score (nSPS) is 6.50. The van der Waals surface area contributed by atoms with E-state index in [1.807, 2.05) is 0 Å². The lowest BCUT2D eigenvalue weighted by Gasteiger charge is -1.66. The summed E-state index contributed by atoms with van der Waals surface area (Å²) in [5.74, 6) is 0. The zero-order valence-corrected chi connectivity index (χ0v) is 3.79. The molecular weight excluding hydrogens is 98.1 g/mol. The summed E-state index contributed by atoms with van der Waals surface area (Å²) >= 11 is 4.02. The molecule has 0 fully saturated rings. The van der Waals surface area contributed by atoms with E-state index < -0.39 is 5.12 Å². The number of hydrogen-bond acceptors (Lipinski definition) is 2. The van der Waals surface area contributed by atoms with Gasteiger partial charge in [-0.3, -0.25) is 4.79 Å². The molecule has 1 radical (unpaired) electrons. The van der Waals surface area contributed by atoms with Gasteiger partial charge in [0.25, 0.3) is 0 Å². The van der Waals surface area contributed by atoms with Gasteiger partial charge in [-0.15, -0.1) is 0 Å². The first-order valence-electron chi connectivity index (χ1n) is 1.34. The van der Waals surface area contributed by atoms with E-state index in [4.69, 9.17) is 5.26 Å². The topological polar surface area (TPSA) is 40.9 Å². The van der Waals surface area contributed by atoms with Crippen molar-refractivity contribution in [2.75, 3.05) is 0 Å². The Morgan fingerprint density at radius 3 is 2.50 bits per heavy atom. The van der Waals surface area contributed by atoms with E-state index in [0.29, 0.717) is 0 Å². The maximum Gasteiger partial charge on any atom is 0.232 e. The summed E-state index contributed by atoms with van der Waals surface area (Å²) in [6, 6.07) is 1.61. The second-order valence-corrected chi connectivity index (χ2v) is 1.16. The molecule has 6 heavy (non-hydrogen) atoms. The molecule has 0 saturated carbocycles. The number of carbonyl (C=O) groups is 1. The standard InChI is InChI=1S/C3H2NOS/c4-2-1-3(5)6/h1H2. The Morgan fingerprint density at radius 2 is 2.50 bits per heavy atom. The van der Waals surface area contributed by atoms with E-state index in [1.165, 1.54) is 0 Å². The van der Waals surface area contributed by atoms with Gasteiger partial charge in [0.05, 0.1) is 6.07 Å². The Balaban J connectivity index is 3.13. The van der Waals surface area contributed by atoms with Crippen molar-refractivity contribution in [2.45, 2.75) is 6.42 Å². The summed E-state index contributed by atoms with van der Waals surface area (Å²) in [4.78, 5) is 9.64. The molecule has 0 N–H and O–H groups in total. The third kappa shape index (κ3) is 3.38. The van der Waals surface area contributed by atoms with E-state index in [1.54, 1.807) is 6.07 Å². The highest BCUT2D eigenvalue weighted by atomic mass is 32.1. The van der Waals surface area contributed by atoms with Crippen molar-refractivity contribution in [1.29, 1.82) is 5.26 Å².